The van der Waals surface area contributed by atoms with Gasteiger partial charge in [0.25, 0.3) is 5.56 Å². The zero-order valence-corrected chi connectivity index (χ0v) is 16.7. The van der Waals surface area contributed by atoms with Crippen molar-refractivity contribution >= 4 is 28.2 Å². The van der Waals surface area contributed by atoms with Crippen molar-refractivity contribution in [3.8, 4) is 0 Å². The minimum Gasteiger partial charge on any atom is -0.378 e. The molecular formula is C23H20F3N3O2. The maximum Gasteiger partial charge on any atom is 0.416 e. The summed E-state index contributed by atoms with van der Waals surface area (Å²) >= 11 is 0. The van der Waals surface area contributed by atoms with Gasteiger partial charge in [0.2, 0.25) is 0 Å². The highest BCUT2D eigenvalue weighted by atomic mass is 19.4. The van der Waals surface area contributed by atoms with Crippen LogP contribution in [0.4, 0.5) is 18.9 Å². The summed E-state index contributed by atoms with van der Waals surface area (Å²) in [6.07, 6.45) is -1.92. The Bertz CT molecular complexity index is 1220. The van der Waals surface area contributed by atoms with Crippen molar-refractivity contribution in [3.63, 3.8) is 0 Å². The summed E-state index contributed by atoms with van der Waals surface area (Å²) in [7, 11) is 0. The van der Waals surface area contributed by atoms with Crippen LogP contribution >= 0.6 is 0 Å². The number of nitrogens with zero attached hydrogens (tertiary/aromatic N) is 3. The highest BCUT2D eigenvalue weighted by Crippen LogP contribution is 2.32. The van der Waals surface area contributed by atoms with Crippen molar-refractivity contribution in [2.45, 2.75) is 19.1 Å². The summed E-state index contributed by atoms with van der Waals surface area (Å²) in [6, 6.07) is 11.2. The van der Waals surface area contributed by atoms with E-state index in [9.17, 15) is 18.0 Å². The van der Waals surface area contributed by atoms with Gasteiger partial charge in [0.05, 0.1) is 29.7 Å². The van der Waals surface area contributed by atoms with Gasteiger partial charge in [0.1, 0.15) is 5.82 Å². The van der Waals surface area contributed by atoms with Gasteiger partial charge in [-0.25, -0.2) is 4.98 Å². The van der Waals surface area contributed by atoms with Gasteiger partial charge >= 0.3 is 6.18 Å². The third-order valence-electron chi connectivity index (χ3n) is 5.78. The first-order valence-electron chi connectivity index (χ1n) is 10.2. The van der Waals surface area contributed by atoms with Crippen LogP contribution in [0, 0.1) is 0 Å². The summed E-state index contributed by atoms with van der Waals surface area (Å²) in [5.41, 5.74) is 1.88. The minimum absolute atomic E-state index is 0.0709. The van der Waals surface area contributed by atoms with Crippen LogP contribution in [0.5, 0.6) is 0 Å². The first kappa shape index (κ1) is 19.8. The maximum absolute atomic E-state index is 13.1. The third-order valence-corrected chi connectivity index (χ3v) is 5.78. The molecule has 3 aromatic rings. The molecule has 5 nitrogen and oxygen atoms in total. The minimum atomic E-state index is -4.48. The molecule has 31 heavy (non-hydrogen) atoms. The largest absolute Gasteiger partial charge is 0.416 e. The lowest BCUT2D eigenvalue weighted by molar-refractivity contribution is -0.137. The van der Waals surface area contributed by atoms with Crippen LogP contribution in [0.2, 0.25) is 0 Å². The summed E-state index contributed by atoms with van der Waals surface area (Å²) in [4.78, 5) is 19.5. The molecule has 0 atom stereocenters. The predicted molar refractivity (Wildman–Crippen MR) is 113 cm³/mol. The lowest BCUT2D eigenvalue weighted by atomic mass is 10.1. The van der Waals surface area contributed by atoms with Crippen LogP contribution in [0.1, 0.15) is 23.4 Å². The van der Waals surface area contributed by atoms with E-state index in [1.54, 1.807) is 4.57 Å². The highest BCUT2D eigenvalue weighted by Gasteiger charge is 2.31. The molecule has 0 spiro atoms. The molecule has 1 fully saturated rings. The average Bonchev–Trinajstić information content (AvgIpc) is 3.17. The zero-order valence-electron chi connectivity index (χ0n) is 16.7. The van der Waals surface area contributed by atoms with Gasteiger partial charge in [-0.15, -0.1) is 0 Å². The molecule has 0 bridgehead atoms. The Balaban J connectivity index is 1.50. The number of morpholine rings is 1. The number of fused-ring (bicyclic) bond motifs is 2. The molecule has 0 N–H and O–H groups in total. The molecule has 1 saturated heterocycles. The number of anilines is 1. The number of hydrogen-bond acceptors (Lipinski definition) is 4. The van der Waals surface area contributed by atoms with E-state index in [1.165, 1.54) is 6.07 Å². The van der Waals surface area contributed by atoms with E-state index in [-0.39, 0.29) is 16.5 Å². The summed E-state index contributed by atoms with van der Waals surface area (Å²) in [6.45, 7) is 3.61. The van der Waals surface area contributed by atoms with E-state index in [1.807, 2.05) is 30.3 Å². The van der Waals surface area contributed by atoms with E-state index in [4.69, 9.17) is 4.74 Å². The second-order valence-electron chi connectivity index (χ2n) is 7.73. The fraction of sp³-hybridized carbons (Fsp3) is 0.304. The van der Waals surface area contributed by atoms with Crippen LogP contribution in [0.15, 0.2) is 47.3 Å². The molecular weight excluding hydrogens is 407 g/mol. The first-order chi connectivity index (χ1) is 14.9. The van der Waals surface area contributed by atoms with Crippen molar-refractivity contribution in [1.29, 1.82) is 0 Å². The molecule has 2 aliphatic rings. The molecule has 8 heteroatoms. The van der Waals surface area contributed by atoms with E-state index in [2.05, 4.69) is 9.88 Å². The number of hydrogen-bond donors (Lipinski definition) is 0. The summed E-state index contributed by atoms with van der Waals surface area (Å²) < 4.78 is 46.2. The first-order valence-corrected chi connectivity index (χ1v) is 10.2. The number of aromatic nitrogens is 2. The van der Waals surface area contributed by atoms with Gasteiger partial charge in [0.15, 0.2) is 0 Å². The van der Waals surface area contributed by atoms with Gasteiger partial charge in [-0.05, 0) is 54.0 Å². The Kier molecular flexibility index (Phi) is 4.81. The van der Waals surface area contributed by atoms with E-state index in [0.717, 1.165) is 42.0 Å². The van der Waals surface area contributed by atoms with Crippen molar-refractivity contribution in [2.24, 2.45) is 0 Å². The van der Waals surface area contributed by atoms with Crippen molar-refractivity contribution in [3.05, 3.63) is 69.8 Å². The number of alkyl halides is 3. The van der Waals surface area contributed by atoms with Crippen LogP contribution in [-0.2, 0) is 17.5 Å². The van der Waals surface area contributed by atoms with E-state index in [0.29, 0.717) is 32.0 Å². The SMILES string of the molecule is O=c1c2ccc(C(F)(F)F)cc2nc2n1CCC2=Cc1ccc(N2CCOCC2)cc1. The smallest absolute Gasteiger partial charge is 0.378 e. The van der Waals surface area contributed by atoms with Crippen molar-refractivity contribution in [2.75, 3.05) is 31.2 Å². The van der Waals surface area contributed by atoms with E-state index < -0.39 is 11.7 Å². The second kappa shape index (κ2) is 7.53. The highest BCUT2D eigenvalue weighted by molar-refractivity contribution is 5.85. The third kappa shape index (κ3) is 3.72. The molecule has 2 aromatic carbocycles. The predicted octanol–water partition coefficient (Wildman–Crippen LogP) is 4.20. The van der Waals surface area contributed by atoms with Gasteiger partial charge in [-0.2, -0.15) is 13.2 Å². The van der Waals surface area contributed by atoms with Gasteiger partial charge in [-0.3, -0.25) is 9.36 Å². The van der Waals surface area contributed by atoms with Gasteiger partial charge in [0, 0.05) is 25.3 Å². The van der Waals surface area contributed by atoms with E-state index >= 15 is 0 Å². The second-order valence-corrected chi connectivity index (χ2v) is 7.73. The Hall–Kier alpha value is -3.13. The van der Waals surface area contributed by atoms with Gasteiger partial charge in [-0.1, -0.05) is 12.1 Å². The number of ether oxygens (including phenoxy) is 1. The number of halogens is 3. The Labute approximate surface area is 176 Å². The molecule has 0 unspecified atom stereocenters. The quantitative estimate of drug-likeness (QED) is 0.615. The molecule has 2 aliphatic heterocycles. The number of rotatable bonds is 2. The molecule has 160 valence electrons. The molecule has 5 rings (SSSR count). The molecule has 1 aromatic heterocycles. The molecule has 0 amide bonds. The zero-order chi connectivity index (χ0) is 21.6. The molecule has 0 radical (unpaired) electrons. The molecule has 3 heterocycles. The summed E-state index contributed by atoms with van der Waals surface area (Å²) in [5.74, 6) is 0.439. The monoisotopic (exact) mass is 427 g/mol. The van der Waals surface area contributed by atoms with Crippen LogP contribution < -0.4 is 10.5 Å². The van der Waals surface area contributed by atoms with Crippen molar-refractivity contribution in [1.82, 2.24) is 9.55 Å². The van der Waals surface area contributed by atoms with Crippen LogP contribution in [0.3, 0.4) is 0 Å². The molecule has 0 saturated carbocycles. The fourth-order valence-corrected chi connectivity index (χ4v) is 4.13. The normalized spacial score (nSPS) is 18.0. The standard InChI is InChI=1S/C23H20F3N3O2/c24-23(25,26)17-3-6-19-20(14-17)27-21-16(7-8-29(21)22(19)30)13-15-1-4-18(5-2-15)28-9-11-31-12-10-28/h1-6,13-14H,7-12H2. The van der Waals surface area contributed by atoms with Crippen LogP contribution in [0.25, 0.3) is 22.6 Å². The number of allylic oxidation sites excluding steroid dienone is 1. The maximum atomic E-state index is 13.1. The summed E-state index contributed by atoms with van der Waals surface area (Å²) in [5, 5.41) is 0.202. The Morgan fingerprint density at radius 3 is 2.45 bits per heavy atom. The van der Waals surface area contributed by atoms with Gasteiger partial charge < -0.3 is 9.64 Å². The average molecular weight is 427 g/mol. The Morgan fingerprint density at radius 2 is 1.74 bits per heavy atom. The lowest BCUT2D eigenvalue weighted by Gasteiger charge is -2.28. The topological polar surface area (TPSA) is 47.4 Å². The van der Waals surface area contributed by atoms with Crippen molar-refractivity contribution < 1.29 is 17.9 Å². The number of benzene rings is 2. The van der Waals surface area contributed by atoms with Crippen LogP contribution in [-0.4, -0.2) is 35.9 Å². The molecule has 0 aliphatic carbocycles. The fourth-order valence-electron chi connectivity index (χ4n) is 4.13. The Morgan fingerprint density at radius 1 is 1.00 bits per heavy atom. The lowest BCUT2D eigenvalue weighted by Crippen LogP contribution is -2.36.